The Hall–Kier alpha value is -2.48. The van der Waals surface area contributed by atoms with Crippen molar-refractivity contribution in [3.63, 3.8) is 0 Å². The van der Waals surface area contributed by atoms with Gasteiger partial charge in [-0.1, -0.05) is 0 Å². The molecule has 0 aliphatic rings. The Balaban J connectivity index is 1.93. The van der Waals surface area contributed by atoms with Gasteiger partial charge in [0, 0.05) is 5.56 Å². The predicted octanol–water partition coefficient (Wildman–Crippen LogP) is 2.50. The van der Waals surface area contributed by atoms with Crippen LogP contribution < -0.4 is 20.1 Å². The molecule has 2 rings (SSSR count). The summed E-state index contributed by atoms with van der Waals surface area (Å²) in [5, 5.41) is 5.21. The van der Waals surface area contributed by atoms with Crippen molar-refractivity contribution in [2.75, 3.05) is 20.3 Å². The Morgan fingerprint density at radius 2 is 2.08 bits per heavy atom. The number of methoxy groups -OCH3 is 1. The minimum atomic E-state index is -0.393. The van der Waals surface area contributed by atoms with Gasteiger partial charge in [-0.3, -0.25) is 9.59 Å². The van der Waals surface area contributed by atoms with Gasteiger partial charge in [-0.15, -0.1) is 0 Å². The molecule has 0 saturated heterocycles. The number of carbonyl (C=O) groups is 2. The summed E-state index contributed by atoms with van der Waals surface area (Å²) in [6.45, 7) is 2.45. The number of benzene rings is 1. The molecule has 1 aromatic carbocycles. The molecule has 134 valence electrons. The van der Waals surface area contributed by atoms with Gasteiger partial charge in [0.15, 0.2) is 11.5 Å². The summed E-state index contributed by atoms with van der Waals surface area (Å²) in [6, 6.07) is 6.67. The molecule has 0 radical (unpaired) electrons. The number of rotatable bonds is 8. The lowest BCUT2D eigenvalue weighted by Crippen LogP contribution is -2.36. The third kappa shape index (κ3) is 5.25. The summed E-state index contributed by atoms with van der Waals surface area (Å²) in [4.78, 5) is 24.0. The van der Waals surface area contributed by atoms with Gasteiger partial charge in [0.25, 0.3) is 5.91 Å². The second-order valence-electron chi connectivity index (χ2n) is 4.96. The molecule has 2 aromatic rings. The highest BCUT2D eigenvalue weighted by molar-refractivity contribution is 9.10. The summed E-state index contributed by atoms with van der Waals surface area (Å²) in [5.41, 5.74) is 0.353. The van der Waals surface area contributed by atoms with Crippen molar-refractivity contribution in [3.05, 3.63) is 46.3 Å². The molecule has 0 bridgehead atoms. The number of halogens is 1. The summed E-state index contributed by atoms with van der Waals surface area (Å²) in [5.74, 6) is 0.887. The average molecular weight is 411 g/mol. The molecule has 0 unspecified atom stereocenters. The number of hydrogen-bond acceptors (Lipinski definition) is 5. The van der Waals surface area contributed by atoms with Crippen molar-refractivity contribution >= 4 is 27.7 Å². The minimum Gasteiger partial charge on any atom is -0.493 e. The summed E-state index contributed by atoms with van der Waals surface area (Å²) in [7, 11) is 1.49. The number of carbonyl (C=O) groups excluding carboxylic acids is 2. The van der Waals surface area contributed by atoms with Crippen LogP contribution in [-0.4, -0.2) is 32.1 Å². The highest BCUT2D eigenvalue weighted by Gasteiger charge is 2.16. The van der Waals surface area contributed by atoms with Crippen molar-refractivity contribution in [2.24, 2.45) is 0 Å². The van der Waals surface area contributed by atoms with Crippen LogP contribution in [0.4, 0.5) is 0 Å². The maximum atomic E-state index is 12.2. The molecule has 2 amide bonds. The van der Waals surface area contributed by atoms with E-state index in [-0.39, 0.29) is 19.0 Å². The summed E-state index contributed by atoms with van der Waals surface area (Å²) in [6.07, 6.45) is 1.53. The van der Waals surface area contributed by atoms with Crippen LogP contribution in [-0.2, 0) is 11.3 Å². The molecule has 0 aliphatic carbocycles. The molecule has 1 heterocycles. The highest BCUT2D eigenvalue weighted by Crippen LogP contribution is 2.36. The average Bonchev–Trinajstić information content (AvgIpc) is 3.13. The van der Waals surface area contributed by atoms with Crippen molar-refractivity contribution < 1.29 is 23.5 Å². The largest absolute Gasteiger partial charge is 0.493 e. The van der Waals surface area contributed by atoms with Crippen LogP contribution in [0.5, 0.6) is 11.5 Å². The topological polar surface area (TPSA) is 89.8 Å². The first-order chi connectivity index (χ1) is 12.0. The smallest absolute Gasteiger partial charge is 0.251 e. The molecule has 0 atom stereocenters. The van der Waals surface area contributed by atoms with E-state index in [1.165, 1.54) is 13.4 Å². The Bertz CT molecular complexity index is 731. The molecule has 0 aliphatic heterocycles. The van der Waals surface area contributed by atoms with Crippen LogP contribution >= 0.6 is 15.9 Å². The third-order valence-electron chi connectivity index (χ3n) is 3.23. The molecule has 0 saturated carbocycles. The zero-order chi connectivity index (χ0) is 18.2. The van der Waals surface area contributed by atoms with Gasteiger partial charge in [0.2, 0.25) is 5.91 Å². The molecular formula is C17H19BrN2O5. The van der Waals surface area contributed by atoms with Gasteiger partial charge in [-0.05, 0) is 47.1 Å². The number of hydrogen-bond donors (Lipinski definition) is 2. The molecule has 0 spiro atoms. The SMILES string of the molecule is CCOc1c(Br)cc(C(=O)NCC(=O)NCc2ccco2)cc1OC. The molecule has 1 aromatic heterocycles. The summed E-state index contributed by atoms with van der Waals surface area (Å²) < 4.78 is 16.4. The number of furan rings is 1. The Morgan fingerprint density at radius 1 is 1.28 bits per heavy atom. The van der Waals surface area contributed by atoms with Gasteiger partial charge in [-0.2, -0.15) is 0 Å². The van der Waals surface area contributed by atoms with Gasteiger partial charge < -0.3 is 24.5 Å². The fourth-order valence-corrected chi connectivity index (χ4v) is 2.62. The number of ether oxygens (including phenoxy) is 2. The third-order valence-corrected chi connectivity index (χ3v) is 3.82. The zero-order valence-corrected chi connectivity index (χ0v) is 15.5. The van der Waals surface area contributed by atoms with Gasteiger partial charge in [-0.25, -0.2) is 0 Å². The standard InChI is InChI=1S/C17H19BrN2O5/c1-3-24-16-13(18)7-11(8-14(16)23-2)17(22)20-10-15(21)19-9-12-5-4-6-25-12/h4-8H,3,9-10H2,1-2H3,(H,19,21)(H,20,22). The van der Waals surface area contributed by atoms with E-state index >= 15 is 0 Å². The van der Waals surface area contributed by atoms with Crippen LogP contribution in [0.2, 0.25) is 0 Å². The quantitative estimate of drug-likeness (QED) is 0.697. The molecule has 2 N–H and O–H groups in total. The van der Waals surface area contributed by atoms with E-state index in [9.17, 15) is 9.59 Å². The van der Waals surface area contributed by atoms with Crippen LogP contribution in [0.1, 0.15) is 23.0 Å². The van der Waals surface area contributed by atoms with Gasteiger partial charge in [0.1, 0.15) is 5.76 Å². The van der Waals surface area contributed by atoms with Crippen molar-refractivity contribution in [2.45, 2.75) is 13.5 Å². The molecule has 25 heavy (non-hydrogen) atoms. The van der Waals surface area contributed by atoms with Crippen LogP contribution in [0.3, 0.4) is 0 Å². The first kappa shape index (κ1) is 18.9. The first-order valence-corrected chi connectivity index (χ1v) is 8.42. The lowest BCUT2D eigenvalue weighted by atomic mass is 10.2. The zero-order valence-electron chi connectivity index (χ0n) is 13.9. The lowest BCUT2D eigenvalue weighted by molar-refractivity contribution is -0.120. The monoisotopic (exact) mass is 410 g/mol. The Morgan fingerprint density at radius 3 is 2.72 bits per heavy atom. The fraction of sp³-hybridized carbons (Fsp3) is 0.294. The van der Waals surface area contributed by atoms with Gasteiger partial charge in [0.05, 0.1) is 37.5 Å². The normalized spacial score (nSPS) is 10.2. The van der Waals surface area contributed by atoms with E-state index in [4.69, 9.17) is 13.9 Å². The Kier molecular flexibility index (Phi) is 6.88. The van der Waals surface area contributed by atoms with Gasteiger partial charge >= 0.3 is 0 Å². The molecular weight excluding hydrogens is 392 g/mol. The lowest BCUT2D eigenvalue weighted by Gasteiger charge is -2.13. The van der Waals surface area contributed by atoms with Crippen molar-refractivity contribution in [1.29, 1.82) is 0 Å². The maximum Gasteiger partial charge on any atom is 0.251 e. The number of amides is 2. The van der Waals surface area contributed by atoms with E-state index in [0.29, 0.717) is 33.9 Å². The first-order valence-electron chi connectivity index (χ1n) is 7.62. The predicted molar refractivity (Wildman–Crippen MR) is 94.8 cm³/mol. The number of nitrogens with one attached hydrogen (secondary N) is 2. The van der Waals surface area contributed by atoms with E-state index in [0.717, 1.165) is 0 Å². The van der Waals surface area contributed by atoms with Crippen LogP contribution in [0.15, 0.2) is 39.4 Å². The maximum absolute atomic E-state index is 12.2. The van der Waals surface area contributed by atoms with Crippen molar-refractivity contribution in [1.82, 2.24) is 10.6 Å². The van der Waals surface area contributed by atoms with Crippen molar-refractivity contribution in [3.8, 4) is 11.5 Å². The molecule has 0 fully saturated rings. The van der Waals surface area contributed by atoms with E-state index in [1.807, 2.05) is 6.92 Å². The van der Waals surface area contributed by atoms with E-state index in [1.54, 1.807) is 24.3 Å². The van der Waals surface area contributed by atoms with E-state index in [2.05, 4.69) is 26.6 Å². The second-order valence-corrected chi connectivity index (χ2v) is 5.82. The Labute approximate surface area is 153 Å². The summed E-state index contributed by atoms with van der Waals surface area (Å²) >= 11 is 3.36. The fourth-order valence-electron chi connectivity index (χ4n) is 2.06. The second kappa shape index (κ2) is 9.12. The highest BCUT2D eigenvalue weighted by atomic mass is 79.9. The van der Waals surface area contributed by atoms with Crippen LogP contribution in [0, 0.1) is 0 Å². The molecule has 8 heteroatoms. The molecule has 7 nitrogen and oxygen atoms in total. The van der Waals surface area contributed by atoms with E-state index < -0.39 is 5.91 Å². The minimum absolute atomic E-state index is 0.146. The van der Waals surface area contributed by atoms with Crippen LogP contribution in [0.25, 0.3) is 0 Å².